The van der Waals surface area contributed by atoms with E-state index in [0.29, 0.717) is 13.2 Å². The average Bonchev–Trinajstić information content (AvgIpc) is 3.24. The van der Waals surface area contributed by atoms with Gasteiger partial charge in [0.25, 0.3) is 0 Å². The minimum atomic E-state index is -0.403. The van der Waals surface area contributed by atoms with Crippen molar-refractivity contribution in [3.8, 4) is 11.5 Å². The minimum Gasteiger partial charge on any atom is -0.493 e. The summed E-state index contributed by atoms with van der Waals surface area (Å²) in [5.41, 5.74) is 2.55. The van der Waals surface area contributed by atoms with Crippen LogP contribution < -0.4 is 19.3 Å². The quantitative estimate of drug-likeness (QED) is 0.502. The number of hydrogen-bond donors (Lipinski definition) is 3. The fraction of sp³-hybridized carbons (Fsp3) is 0.545. The summed E-state index contributed by atoms with van der Waals surface area (Å²) in [6, 6.07) is 8.25. The van der Waals surface area contributed by atoms with Crippen LogP contribution in [-0.2, 0) is 17.9 Å². The van der Waals surface area contributed by atoms with Gasteiger partial charge in [0, 0.05) is 10.4 Å². The van der Waals surface area contributed by atoms with E-state index in [2.05, 4.69) is 25.1 Å². The van der Waals surface area contributed by atoms with Crippen LogP contribution in [0.1, 0.15) is 16.0 Å². The van der Waals surface area contributed by atoms with Gasteiger partial charge in [0.05, 0.1) is 27.4 Å². The number of benzene rings is 1. The van der Waals surface area contributed by atoms with Crippen molar-refractivity contribution in [2.75, 3.05) is 53.6 Å². The summed E-state index contributed by atoms with van der Waals surface area (Å²) in [6.07, 6.45) is -0.403. The van der Waals surface area contributed by atoms with Crippen LogP contribution in [0.4, 0.5) is 0 Å². The molecule has 160 valence electrons. The van der Waals surface area contributed by atoms with Crippen LogP contribution in [0.25, 0.3) is 0 Å². The molecule has 0 saturated carbocycles. The Morgan fingerprint density at radius 2 is 1.76 bits per heavy atom. The van der Waals surface area contributed by atoms with E-state index in [1.54, 1.807) is 30.5 Å². The normalized spacial score (nSPS) is 20.4. The molecular formula is C22H34N2O4S+2. The molecule has 1 aliphatic rings. The maximum absolute atomic E-state index is 10.3. The molecule has 0 amide bonds. The van der Waals surface area contributed by atoms with Gasteiger partial charge in [-0.3, -0.25) is 0 Å². The smallest absolute Gasteiger partial charge is 0.161 e. The van der Waals surface area contributed by atoms with Crippen molar-refractivity contribution in [1.29, 1.82) is 0 Å². The number of hydrogen-bond acceptors (Lipinski definition) is 5. The van der Waals surface area contributed by atoms with Crippen LogP contribution in [0.15, 0.2) is 29.6 Å². The van der Waals surface area contributed by atoms with Gasteiger partial charge in [-0.15, -0.1) is 11.3 Å². The second-order valence-electron chi connectivity index (χ2n) is 7.76. The van der Waals surface area contributed by atoms with Crippen LogP contribution >= 0.6 is 11.3 Å². The van der Waals surface area contributed by atoms with Gasteiger partial charge in [0.1, 0.15) is 45.4 Å². The van der Waals surface area contributed by atoms with Gasteiger partial charge in [-0.25, -0.2) is 0 Å². The van der Waals surface area contributed by atoms with E-state index in [1.165, 1.54) is 20.9 Å². The zero-order valence-electron chi connectivity index (χ0n) is 17.7. The number of rotatable bonds is 10. The molecule has 0 bridgehead atoms. The Hall–Kier alpha value is -1.64. The zero-order chi connectivity index (χ0) is 20.6. The highest BCUT2D eigenvalue weighted by Gasteiger charge is 2.26. The zero-order valence-corrected chi connectivity index (χ0v) is 18.5. The molecule has 29 heavy (non-hydrogen) atoms. The molecule has 0 aliphatic carbocycles. The molecule has 3 N–H and O–H groups in total. The van der Waals surface area contributed by atoms with Gasteiger partial charge in [-0.2, -0.15) is 0 Å². The molecular weight excluding hydrogens is 388 g/mol. The van der Waals surface area contributed by atoms with E-state index < -0.39 is 6.10 Å². The van der Waals surface area contributed by atoms with Gasteiger partial charge < -0.3 is 29.1 Å². The third-order valence-electron chi connectivity index (χ3n) is 5.61. The highest BCUT2D eigenvalue weighted by Crippen LogP contribution is 2.29. The van der Waals surface area contributed by atoms with Crippen molar-refractivity contribution in [3.05, 3.63) is 45.6 Å². The molecule has 1 fully saturated rings. The van der Waals surface area contributed by atoms with Crippen molar-refractivity contribution in [3.63, 3.8) is 0 Å². The Morgan fingerprint density at radius 1 is 1.07 bits per heavy atom. The molecule has 2 aromatic rings. The number of piperazine rings is 1. The molecule has 1 aliphatic heterocycles. The highest BCUT2D eigenvalue weighted by atomic mass is 32.1. The van der Waals surface area contributed by atoms with Crippen LogP contribution in [0.3, 0.4) is 0 Å². The second-order valence-corrected chi connectivity index (χ2v) is 8.80. The fourth-order valence-electron chi connectivity index (χ4n) is 3.90. The van der Waals surface area contributed by atoms with Gasteiger partial charge in [0.15, 0.2) is 11.5 Å². The molecule has 1 saturated heterocycles. The molecule has 1 atom stereocenters. The predicted molar refractivity (Wildman–Crippen MR) is 114 cm³/mol. The maximum atomic E-state index is 10.3. The monoisotopic (exact) mass is 422 g/mol. The molecule has 6 nitrogen and oxygen atoms in total. The number of thiophene rings is 1. The van der Waals surface area contributed by atoms with Crippen molar-refractivity contribution in [2.24, 2.45) is 0 Å². The lowest BCUT2D eigenvalue weighted by Crippen LogP contribution is -3.28. The Labute approximate surface area is 177 Å². The van der Waals surface area contributed by atoms with Gasteiger partial charge in [-0.05, 0) is 36.1 Å². The average molecular weight is 423 g/mol. The molecule has 0 radical (unpaired) electrons. The number of aliphatic hydroxyl groups excluding tert-OH is 1. The summed E-state index contributed by atoms with van der Waals surface area (Å²) in [7, 11) is 3.35. The standard InChI is InChI=1S/C22H32N2O4S/c1-17-11-21(26-2)22(27-3)12-18(17)13-23-6-8-24(9-7-23)14-19(25)15-28-16-20-5-4-10-29-20/h4-5,10-12,19,25H,6-9,13-16H2,1-3H3/p+2/t19-/m0/s1. The fourth-order valence-corrected chi connectivity index (χ4v) is 4.54. The third-order valence-corrected chi connectivity index (χ3v) is 6.46. The Morgan fingerprint density at radius 3 is 2.41 bits per heavy atom. The SMILES string of the molecule is COc1cc(C)c(C[NH+]2CC[NH+](C[C@H](O)COCc3cccs3)CC2)cc1OC. The predicted octanol–water partition coefficient (Wildman–Crippen LogP) is -0.0652. The highest BCUT2D eigenvalue weighted by molar-refractivity contribution is 7.09. The first-order valence-corrected chi connectivity index (χ1v) is 11.1. The second kappa shape index (κ2) is 10.9. The minimum absolute atomic E-state index is 0.403. The first kappa shape index (κ1) is 22.1. The number of ether oxygens (including phenoxy) is 3. The van der Waals surface area contributed by atoms with E-state index in [-0.39, 0.29) is 0 Å². The first-order valence-electron chi connectivity index (χ1n) is 10.3. The summed E-state index contributed by atoms with van der Waals surface area (Å²) >= 11 is 1.69. The largest absolute Gasteiger partial charge is 0.493 e. The number of aryl methyl sites for hydroxylation is 1. The molecule has 3 rings (SSSR count). The summed E-state index contributed by atoms with van der Waals surface area (Å²) in [5, 5.41) is 12.3. The van der Waals surface area contributed by atoms with Crippen molar-refractivity contribution in [2.45, 2.75) is 26.2 Å². The topological polar surface area (TPSA) is 56.8 Å². The molecule has 7 heteroatoms. The Bertz CT molecular complexity index is 746. The van der Waals surface area contributed by atoms with Gasteiger partial charge in [0.2, 0.25) is 0 Å². The van der Waals surface area contributed by atoms with E-state index in [4.69, 9.17) is 14.2 Å². The van der Waals surface area contributed by atoms with E-state index in [9.17, 15) is 5.11 Å². The van der Waals surface area contributed by atoms with E-state index in [1.807, 2.05) is 11.4 Å². The number of nitrogens with one attached hydrogen (secondary N) is 2. The number of aliphatic hydroxyl groups is 1. The lowest BCUT2D eigenvalue weighted by Gasteiger charge is -2.31. The van der Waals surface area contributed by atoms with Crippen LogP contribution in [0.2, 0.25) is 0 Å². The summed E-state index contributed by atoms with van der Waals surface area (Å²) in [6.45, 7) is 9.23. The van der Waals surface area contributed by atoms with E-state index in [0.717, 1.165) is 50.8 Å². The first-order chi connectivity index (χ1) is 14.1. The van der Waals surface area contributed by atoms with Crippen LogP contribution in [-0.4, -0.2) is 64.8 Å². The molecule has 0 unspecified atom stereocenters. The summed E-state index contributed by atoms with van der Waals surface area (Å²) in [5.74, 6) is 1.58. The Balaban J connectivity index is 1.41. The van der Waals surface area contributed by atoms with Crippen molar-refractivity contribution in [1.82, 2.24) is 0 Å². The molecule has 2 heterocycles. The van der Waals surface area contributed by atoms with Gasteiger partial charge >= 0.3 is 0 Å². The van der Waals surface area contributed by atoms with Gasteiger partial charge in [-0.1, -0.05) is 6.07 Å². The van der Waals surface area contributed by atoms with Crippen molar-refractivity contribution >= 4 is 11.3 Å². The lowest BCUT2D eigenvalue weighted by atomic mass is 10.1. The maximum Gasteiger partial charge on any atom is 0.161 e. The lowest BCUT2D eigenvalue weighted by molar-refractivity contribution is -1.02. The number of quaternary nitrogens is 2. The van der Waals surface area contributed by atoms with E-state index >= 15 is 0 Å². The molecule has 0 spiro atoms. The molecule has 1 aromatic carbocycles. The Kier molecular flexibility index (Phi) is 8.32. The third kappa shape index (κ3) is 6.42. The summed E-state index contributed by atoms with van der Waals surface area (Å²) < 4.78 is 16.5. The summed E-state index contributed by atoms with van der Waals surface area (Å²) in [4.78, 5) is 4.24. The number of methoxy groups -OCH3 is 2. The van der Waals surface area contributed by atoms with Crippen molar-refractivity contribution < 1.29 is 29.1 Å². The van der Waals surface area contributed by atoms with Crippen LogP contribution in [0.5, 0.6) is 11.5 Å². The van der Waals surface area contributed by atoms with Crippen LogP contribution in [0, 0.1) is 6.92 Å². The molecule has 1 aromatic heterocycles.